The number of carbonyl (C=O) groups excluding carboxylic acids is 1. The van der Waals surface area contributed by atoms with Crippen molar-refractivity contribution in [2.75, 3.05) is 0 Å². The first-order chi connectivity index (χ1) is 13.2. The maximum atomic E-state index is 12.3. The maximum Gasteiger partial charge on any atom is 0.247 e. The molecule has 27 heavy (non-hydrogen) atoms. The number of nitrogens with zero attached hydrogens (tertiary/aromatic N) is 3. The smallest absolute Gasteiger partial charge is 0.247 e. The van der Waals surface area contributed by atoms with Gasteiger partial charge < -0.3 is 9.73 Å². The van der Waals surface area contributed by atoms with Crippen molar-refractivity contribution in [1.29, 1.82) is 0 Å². The van der Waals surface area contributed by atoms with E-state index < -0.39 is 0 Å². The number of fused-ring (bicyclic) bond motifs is 1. The Balaban J connectivity index is 1.45. The van der Waals surface area contributed by atoms with Gasteiger partial charge in [0.25, 0.3) is 0 Å². The van der Waals surface area contributed by atoms with Crippen LogP contribution in [0.2, 0.25) is 0 Å². The Kier molecular flexibility index (Phi) is 4.61. The molecule has 1 N–H and O–H groups in total. The molecule has 2 heterocycles. The van der Waals surface area contributed by atoms with E-state index in [1.807, 2.05) is 67.6 Å². The van der Waals surface area contributed by atoms with Gasteiger partial charge in [0.1, 0.15) is 6.42 Å². The molecule has 0 radical (unpaired) electrons. The lowest BCUT2D eigenvalue weighted by Gasteiger charge is -2.13. The maximum absolute atomic E-state index is 12.3. The van der Waals surface area contributed by atoms with Crippen LogP contribution in [-0.2, 0) is 11.2 Å². The van der Waals surface area contributed by atoms with Crippen LogP contribution in [0.3, 0.4) is 0 Å². The Labute approximate surface area is 156 Å². The first-order valence-electron chi connectivity index (χ1n) is 8.71. The topological polar surface area (TPSA) is 80.9 Å². The highest BCUT2D eigenvalue weighted by molar-refractivity contribution is 5.83. The molecular formula is C21H18N4O2. The van der Waals surface area contributed by atoms with Crippen LogP contribution in [0.25, 0.3) is 22.4 Å². The summed E-state index contributed by atoms with van der Waals surface area (Å²) in [4.78, 5) is 16.6. The van der Waals surface area contributed by atoms with Gasteiger partial charge in [0.2, 0.25) is 17.7 Å². The summed E-state index contributed by atoms with van der Waals surface area (Å²) in [6.07, 6.45) is 1.79. The summed E-state index contributed by atoms with van der Waals surface area (Å²) in [6, 6.07) is 19.3. The molecule has 134 valence electrons. The SMILES string of the molecule is C[C@H](NC(=O)Cc1nnc(-c2ccc3ncccc3c2)o1)c1ccccc1. The highest BCUT2D eigenvalue weighted by Gasteiger charge is 2.15. The van der Waals surface area contributed by atoms with Crippen molar-refractivity contribution in [2.24, 2.45) is 0 Å². The average Bonchev–Trinajstić information content (AvgIpc) is 3.16. The third-order valence-electron chi connectivity index (χ3n) is 4.31. The summed E-state index contributed by atoms with van der Waals surface area (Å²) in [6.45, 7) is 1.94. The number of hydrogen-bond donors (Lipinski definition) is 1. The molecule has 0 saturated heterocycles. The molecule has 2 aromatic heterocycles. The number of benzene rings is 2. The molecule has 0 aliphatic rings. The number of hydrogen-bond acceptors (Lipinski definition) is 5. The molecule has 1 amide bonds. The molecule has 0 spiro atoms. The summed E-state index contributed by atoms with van der Waals surface area (Å²) in [5, 5.41) is 12.0. The van der Waals surface area contributed by atoms with Crippen LogP contribution in [0.4, 0.5) is 0 Å². The third-order valence-corrected chi connectivity index (χ3v) is 4.31. The van der Waals surface area contributed by atoms with Gasteiger partial charge in [-0.2, -0.15) is 0 Å². The Morgan fingerprint density at radius 2 is 1.93 bits per heavy atom. The van der Waals surface area contributed by atoms with Gasteiger partial charge in [-0.3, -0.25) is 9.78 Å². The number of pyridine rings is 1. The lowest BCUT2D eigenvalue weighted by atomic mass is 10.1. The summed E-state index contributed by atoms with van der Waals surface area (Å²) >= 11 is 0. The zero-order valence-corrected chi connectivity index (χ0v) is 14.8. The van der Waals surface area contributed by atoms with E-state index in [0.717, 1.165) is 22.0 Å². The molecular weight excluding hydrogens is 340 g/mol. The quantitative estimate of drug-likeness (QED) is 0.588. The molecule has 6 heteroatoms. The van der Waals surface area contributed by atoms with E-state index >= 15 is 0 Å². The zero-order valence-electron chi connectivity index (χ0n) is 14.8. The molecule has 0 bridgehead atoms. The fourth-order valence-corrected chi connectivity index (χ4v) is 2.91. The van der Waals surface area contributed by atoms with Gasteiger partial charge in [0, 0.05) is 17.1 Å². The van der Waals surface area contributed by atoms with E-state index in [-0.39, 0.29) is 24.3 Å². The van der Waals surface area contributed by atoms with Crippen LogP contribution >= 0.6 is 0 Å². The molecule has 1 atom stereocenters. The summed E-state index contributed by atoms with van der Waals surface area (Å²) < 4.78 is 5.67. The standard InChI is InChI=1S/C21H18N4O2/c1-14(15-6-3-2-4-7-15)23-19(26)13-20-24-25-21(27-20)17-9-10-18-16(12-17)8-5-11-22-18/h2-12,14H,13H2,1H3,(H,23,26)/t14-/m0/s1. The minimum atomic E-state index is -0.163. The lowest BCUT2D eigenvalue weighted by Crippen LogP contribution is -2.28. The fourth-order valence-electron chi connectivity index (χ4n) is 2.91. The molecule has 0 aliphatic carbocycles. The van der Waals surface area contributed by atoms with Gasteiger partial charge in [-0.05, 0) is 36.8 Å². The zero-order chi connectivity index (χ0) is 18.6. The van der Waals surface area contributed by atoms with Crippen molar-refractivity contribution < 1.29 is 9.21 Å². The van der Waals surface area contributed by atoms with E-state index in [4.69, 9.17) is 4.42 Å². The number of aromatic nitrogens is 3. The van der Waals surface area contributed by atoms with Gasteiger partial charge in [0.05, 0.1) is 11.6 Å². The van der Waals surface area contributed by atoms with E-state index in [2.05, 4.69) is 20.5 Å². The second kappa shape index (κ2) is 7.37. The highest BCUT2D eigenvalue weighted by atomic mass is 16.4. The fraction of sp³-hybridized carbons (Fsp3) is 0.143. The third kappa shape index (κ3) is 3.84. The van der Waals surface area contributed by atoms with Crippen LogP contribution in [0.1, 0.15) is 24.4 Å². The van der Waals surface area contributed by atoms with Crippen molar-refractivity contribution in [3.05, 3.63) is 78.3 Å². The first-order valence-corrected chi connectivity index (χ1v) is 8.71. The van der Waals surface area contributed by atoms with Crippen LogP contribution in [-0.4, -0.2) is 21.1 Å². The van der Waals surface area contributed by atoms with Gasteiger partial charge in [-0.25, -0.2) is 0 Å². The second-order valence-corrected chi connectivity index (χ2v) is 6.29. The van der Waals surface area contributed by atoms with E-state index in [0.29, 0.717) is 5.89 Å². The monoisotopic (exact) mass is 358 g/mol. The first kappa shape index (κ1) is 16.9. The number of amides is 1. The normalized spacial score (nSPS) is 12.0. The average molecular weight is 358 g/mol. The van der Waals surface area contributed by atoms with Gasteiger partial charge >= 0.3 is 0 Å². The lowest BCUT2D eigenvalue weighted by molar-refractivity contribution is -0.121. The van der Waals surface area contributed by atoms with Gasteiger partial charge in [-0.15, -0.1) is 10.2 Å². The summed E-state index contributed by atoms with van der Waals surface area (Å²) in [5.74, 6) is 0.512. The predicted molar refractivity (Wildman–Crippen MR) is 102 cm³/mol. The molecule has 2 aromatic carbocycles. The number of carbonyl (C=O) groups is 1. The van der Waals surface area contributed by atoms with Crippen LogP contribution in [0, 0.1) is 0 Å². The highest BCUT2D eigenvalue weighted by Crippen LogP contribution is 2.22. The minimum absolute atomic E-state index is 0.0410. The Morgan fingerprint density at radius 1 is 1.07 bits per heavy atom. The van der Waals surface area contributed by atoms with E-state index in [1.165, 1.54) is 0 Å². The van der Waals surface area contributed by atoms with E-state index in [1.54, 1.807) is 6.20 Å². The van der Waals surface area contributed by atoms with Crippen LogP contribution < -0.4 is 5.32 Å². The largest absolute Gasteiger partial charge is 0.420 e. The molecule has 0 unspecified atom stereocenters. The molecule has 0 saturated carbocycles. The molecule has 4 aromatic rings. The van der Waals surface area contributed by atoms with Crippen molar-refractivity contribution in [3.8, 4) is 11.5 Å². The molecule has 0 aliphatic heterocycles. The van der Waals surface area contributed by atoms with Crippen LogP contribution in [0.5, 0.6) is 0 Å². The van der Waals surface area contributed by atoms with Crippen LogP contribution in [0.15, 0.2) is 71.3 Å². The second-order valence-electron chi connectivity index (χ2n) is 6.29. The Morgan fingerprint density at radius 3 is 2.78 bits per heavy atom. The van der Waals surface area contributed by atoms with Gasteiger partial charge in [0.15, 0.2) is 0 Å². The number of nitrogens with one attached hydrogen (secondary N) is 1. The minimum Gasteiger partial charge on any atom is -0.420 e. The van der Waals surface area contributed by atoms with Crippen molar-refractivity contribution in [2.45, 2.75) is 19.4 Å². The van der Waals surface area contributed by atoms with E-state index in [9.17, 15) is 4.79 Å². The Hall–Kier alpha value is -3.54. The molecule has 6 nitrogen and oxygen atoms in total. The van der Waals surface area contributed by atoms with Gasteiger partial charge in [-0.1, -0.05) is 36.4 Å². The molecule has 4 rings (SSSR count). The van der Waals surface area contributed by atoms with Crippen molar-refractivity contribution in [3.63, 3.8) is 0 Å². The number of rotatable bonds is 5. The Bertz CT molecular complexity index is 1080. The summed E-state index contributed by atoms with van der Waals surface area (Å²) in [5.41, 5.74) is 2.74. The predicted octanol–water partition coefficient (Wildman–Crippen LogP) is 3.70. The van der Waals surface area contributed by atoms with Crippen molar-refractivity contribution in [1.82, 2.24) is 20.5 Å². The van der Waals surface area contributed by atoms with Crippen molar-refractivity contribution >= 4 is 16.8 Å². The summed E-state index contributed by atoms with van der Waals surface area (Å²) in [7, 11) is 0. The molecule has 0 fully saturated rings.